The second-order valence-corrected chi connectivity index (χ2v) is 8.50. The van der Waals surface area contributed by atoms with E-state index < -0.39 is 0 Å². The van der Waals surface area contributed by atoms with Gasteiger partial charge in [-0.3, -0.25) is 9.47 Å². The van der Waals surface area contributed by atoms with Crippen LogP contribution in [0.1, 0.15) is 18.9 Å². The first-order valence-corrected chi connectivity index (χ1v) is 11.1. The van der Waals surface area contributed by atoms with E-state index in [1.54, 1.807) is 19.2 Å². The van der Waals surface area contributed by atoms with E-state index in [1.165, 1.54) is 11.8 Å². The molecule has 0 radical (unpaired) electrons. The summed E-state index contributed by atoms with van der Waals surface area (Å²) in [5.74, 6) is 1.25. The molecule has 1 aliphatic heterocycles. The summed E-state index contributed by atoms with van der Waals surface area (Å²) in [6, 6.07) is 15.3. The van der Waals surface area contributed by atoms with E-state index in [-0.39, 0.29) is 5.82 Å². The van der Waals surface area contributed by atoms with Gasteiger partial charge in [-0.05, 0) is 61.5 Å². The molecule has 5 rings (SSSR count). The minimum absolute atomic E-state index is 0.260. The Morgan fingerprint density at radius 3 is 2.39 bits per heavy atom. The molecule has 1 aliphatic carbocycles. The molecule has 1 aromatic heterocycles. The standard InChI is InChI=1S/C23H26FN5OS/c1-30-19-10-8-17(9-11-19)27-14-12-26(13-15-27)16-28-23(31)29(18-6-7-18)22(25-28)20-4-2-3-5-21(20)24/h2-5,8-11,18H,6-7,12-16H2,1H3. The van der Waals surface area contributed by atoms with E-state index in [9.17, 15) is 4.39 Å². The van der Waals surface area contributed by atoms with E-state index >= 15 is 0 Å². The Hall–Kier alpha value is -2.71. The summed E-state index contributed by atoms with van der Waals surface area (Å²) in [5, 5.41) is 4.76. The molecule has 0 atom stereocenters. The third kappa shape index (κ3) is 4.09. The molecule has 8 heteroatoms. The van der Waals surface area contributed by atoms with Gasteiger partial charge in [-0.1, -0.05) is 12.1 Å². The SMILES string of the molecule is COc1ccc(N2CCN(Cn3nc(-c4ccccc4F)n(C4CC4)c3=S)CC2)cc1. The molecule has 2 aliphatic rings. The largest absolute Gasteiger partial charge is 0.497 e. The number of piperazine rings is 1. The molecule has 0 unspecified atom stereocenters. The fraction of sp³-hybridized carbons (Fsp3) is 0.391. The number of aromatic nitrogens is 3. The quantitative estimate of drug-likeness (QED) is 0.534. The Kier molecular flexibility index (Phi) is 5.50. The van der Waals surface area contributed by atoms with Crippen molar-refractivity contribution in [3.8, 4) is 17.1 Å². The van der Waals surface area contributed by atoms with Crippen molar-refractivity contribution < 1.29 is 9.13 Å². The molecule has 3 aromatic rings. The highest BCUT2D eigenvalue weighted by Gasteiger charge is 2.30. The van der Waals surface area contributed by atoms with Gasteiger partial charge in [0.2, 0.25) is 0 Å². The summed E-state index contributed by atoms with van der Waals surface area (Å²) in [7, 11) is 1.68. The van der Waals surface area contributed by atoms with Crippen LogP contribution in [0.4, 0.5) is 10.1 Å². The topological polar surface area (TPSA) is 38.5 Å². The van der Waals surface area contributed by atoms with Crippen molar-refractivity contribution in [1.29, 1.82) is 0 Å². The highest BCUT2D eigenvalue weighted by molar-refractivity contribution is 7.71. The Morgan fingerprint density at radius 1 is 1.03 bits per heavy atom. The first-order valence-electron chi connectivity index (χ1n) is 10.7. The van der Waals surface area contributed by atoms with Crippen molar-refractivity contribution in [2.45, 2.75) is 25.6 Å². The zero-order chi connectivity index (χ0) is 21.4. The normalized spacial score (nSPS) is 17.2. The molecular weight excluding hydrogens is 413 g/mol. The van der Waals surface area contributed by atoms with Crippen LogP contribution in [0.3, 0.4) is 0 Å². The number of anilines is 1. The van der Waals surface area contributed by atoms with E-state index in [4.69, 9.17) is 22.1 Å². The summed E-state index contributed by atoms with van der Waals surface area (Å²) in [6.45, 7) is 4.32. The summed E-state index contributed by atoms with van der Waals surface area (Å²) >= 11 is 5.76. The smallest absolute Gasteiger partial charge is 0.199 e. The highest BCUT2D eigenvalue weighted by Crippen LogP contribution is 2.39. The number of hydrogen-bond donors (Lipinski definition) is 0. The van der Waals surface area contributed by atoms with Crippen LogP contribution in [0, 0.1) is 10.6 Å². The lowest BCUT2D eigenvalue weighted by Gasteiger charge is -2.35. The summed E-state index contributed by atoms with van der Waals surface area (Å²) in [6.07, 6.45) is 2.14. The maximum absolute atomic E-state index is 14.5. The fourth-order valence-corrected chi connectivity index (χ4v) is 4.46. The Labute approximate surface area is 186 Å². The van der Waals surface area contributed by atoms with Crippen LogP contribution in [0.15, 0.2) is 48.5 Å². The van der Waals surface area contributed by atoms with Crippen molar-refractivity contribution in [3.63, 3.8) is 0 Å². The van der Waals surface area contributed by atoms with Crippen molar-refractivity contribution in [2.24, 2.45) is 0 Å². The fourth-order valence-electron chi connectivity index (χ4n) is 4.13. The third-order valence-electron chi connectivity index (χ3n) is 6.04. The van der Waals surface area contributed by atoms with Crippen LogP contribution in [0.5, 0.6) is 5.75 Å². The number of halogens is 1. The summed E-state index contributed by atoms with van der Waals surface area (Å²) < 4.78 is 24.3. The maximum Gasteiger partial charge on any atom is 0.199 e. The number of nitrogens with zero attached hydrogens (tertiary/aromatic N) is 5. The first kappa shape index (κ1) is 20.2. The molecule has 0 amide bonds. The Bertz CT molecular complexity index is 1110. The summed E-state index contributed by atoms with van der Waals surface area (Å²) in [5.41, 5.74) is 1.72. The van der Waals surface area contributed by atoms with E-state index in [1.807, 2.05) is 27.4 Å². The van der Waals surface area contributed by atoms with Crippen molar-refractivity contribution in [3.05, 3.63) is 59.1 Å². The van der Waals surface area contributed by atoms with Crippen LogP contribution >= 0.6 is 12.2 Å². The van der Waals surface area contributed by atoms with Crippen molar-refractivity contribution >= 4 is 17.9 Å². The molecule has 6 nitrogen and oxygen atoms in total. The van der Waals surface area contributed by atoms with E-state index in [2.05, 4.69) is 21.9 Å². The number of benzene rings is 2. The summed E-state index contributed by atoms with van der Waals surface area (Å²) in [4.78, 5) is 4.73. The third-order valence-corrected chi connectivity index (χ3v) is 6.45. The lowest BCUT2D eigenvalue weighted by Crippen LogP contribution is -2.47. The van der Waals surface area contributed by atoms with Gasteiger partial charge in [0.1, 0.15) is 11.6 Å². The molecule has 2 heterocycles. The van der Waals surface area contributed by atoms with Gasteiger partial charge in [-0.2, -0.15) is 5.10 Å². The molecule has 0 N–H and O–H groups in total. The van der Waals surface area contributed by atoms with Crippen LogP contribution in [0.2, 0.25) is 0 Å². The lowest BCUT2D eigenvalue weighted by molar-refractivity contribution is 0.194. The number of hydrogen-bond acceptors (Lipinski definition) is 5. The Morgan fingerprint density at radius 2 is 1.74 bits per heavy atom. The number of ether oxygens (including phenoxy) is 1. The van der Waals surface area contributed by atoms with E-state index in [0.29, 0.717) is 28.9 Å². The predicted octanol–water partition coefficient (Wildman–Crippen LogP) is 4.34. The van der Waals surface area contributed by atoms with Gasteiger partial charge < -0.3 is 9.64 Å². The predicted molar refractivity (Wildman–Crippen MR) is 121 cm³/mol. The molecule has 0 spiro atoms. The molecular formula is C23H26FN5OS. The monoisotopic (exact) mass is 439 g/mol. The van der Waals surface area contributed by atoms with Gasteiger partial charge >= 0.3 is 0 Å². The molecule has 31 heavy (non-hydrogen) atoms. The minimum atomic E-state index is -0.260. The van der Waals surface area contributed by atoms with Gasteiger partial charge in [0.25, 0.3) is 0 Å². The van der Waals surface area contributed by atoms with E-state index in [0.717, 1.165) is 44.8 Å². The highest BCUT2D eigenvalue weighted by atomic mass is 32.1. The maximum atomic E-state index is 14.5. The number of methoxy groups -OCH3 is 1. The van der Waals surface area contributed by atoms with Crippen LogP contribution in [-0.2, 0) is 6.67 Å². The van der Waals surface area contributed by atoms with Crippen LogP contribution in [0.25, 0.3) is 11.4 Å². The molecule has 162 valence electrons. The van der Waals surface area contributed by atoms with Crippen molar-refractivity contribution in [1.82, 2.24) is 19.2 Å². The molecule has 1 saturated heterocycles. The average molecular weight is 440 g/mol. The molecule has 2 fully saturated rings. The van der Waals surface area contributed by atoms with Crippen LogP contribution in [-0.4, -0.2) is 52.5 Å². The van der Waals surface area contributed by atoms with Gasteiger partial charge in [0, 0.05) is 37.9 Å². The zero-order valence-corrected chi connectivity index (χ0v) is 18.4. The average Bonchev–Trinajstić information content (AvgIpc) is 3.59. The van der Waals surface area contributed by atoms with Gasteiger partial charge in [-0.25, -0.2) is 9.07 Å². The van der Waals surface area contributed by atoms with Crippen LogP contribution < -0.4 is 9.64 Å². The first-order chi connectivity index (χ1) is 15.1. The lowest BCUT2D eigenvalue weighted by atomic mass is 10.2. The Balaban J connectivity index is 1.31. The second kappa shape index (κ2) is 8.43. The number of rotatable bonds is 6. The van der Waals surface area contributed by atoms with Crippen molar-refractivity contribution in [2.75, 3.05) is 38.2 Å². The van der Waals surface area contributed by atoms with Gasteiger partial charge in [0.15, 0.2) is 10.6 Å². The molecule has 0 bridgehead atoms. The second-order valence-electron chi connectivity index (χ2n) is 8.13. The molecule has 2 aromatic carbocycles. The van der Waals surface area contributed by atoms with Gasteiger partial charge in [-0.15, -0.1) is 0 Å². The molecule has 1 saturated carbocycles. The van der Waals surface area contributed by atoms with Gasteiger partial charge in [0.05, 0.1) is 19.3 Å². The minimum Gasteiger partial charge on any atom is -0.497 e. The zero-order valence-electron chi connectivity index (χ0n) is 17.6.